The normalized spacial score (nSPS) is 16.2. The molecule has 0 bridgehead atoms. The number of amides is 1. The topological polar surface area (TPSA) is 92.5 Å². The molecule has 1 aromatic carbocycles. The Labute approximate surface area is 181 Å². The zero-order chi connectivity index (χ0) is 22.5. The first-order valence-electron chi connectivity index (χ1n) is 9.77. The van der Waals surface area contributed by atoms with E-state index < -0.39 is 23.5 Å². The Morgan fingerprint density at radius 1 is 1.32 bits per heavy atom. The molecular formula is C23H26N2O6. The third-order valence-corrected chi connectivity index (χ3v) is 4.94. The molecule has 31 heavy (non-hydrogen) atoms. The van der Waals surface area contributed by atoms with E-state index in [1.807, 2.05) is 19.0 Å². The monoisotopic (exact) mass is 426 g/mol. The number of ketones is 1. The maximum atomic E-state index is 13.1. The lowest BCUT2D eigenvalue weighted by atomic mass is 9.94. The molecule has 0 spiro atoms. The largest absolute Gasteiger partial charge is 0.503 e. The highest BCUT2D eigenvalue weighted by Gasteiger charge is 2.44. The number of Topliss-reactive ketones (excluding diaryl/α,β-unsaturated/α-hetero) is 1. The molecule has 0 unspecified atom stereocenters. The first kappa shape index (κ1) is 22.2. The van der Waals surface area contributed by atoms with E-state index in [4.69, 9.17) is 13.9 Å². The van der Waals surface area contributed by atoms with Crippen LogP contribution in [0.3, 0.4) is 0 Å². The molecule has 0 fully saturated rings. The molecule has 164 valence electrons. The highest BCUT2D eigenvalue weighted by molar-refractivity contribution is 6.15. The Bertz CT molecular complexity index is 994. The Morgan fingerprint density at radius 2 is 2.10 bits per heavy atom. The van der Waals surface area contributed by atoms with Gasteiger partial charge in [-0.3, -0.25) is 9.59 Å². The van der Waals surface area contributed by atoms with Crippen LogP contribution < -0.4 is 9.47 Å². The number of hydrogen-bond donors (Lipinski definition) is 1. The number of likely N-dealkylation sites (N-methyl/N-ethyl adjacent to an activating group) is 1. The lowest BCUT2D eigenvalue weighted by Crippen LogP contribution is -2.36. The maximum absolute atomic E-state index is 13.1. The molecule has 0 saturated heterocycles. The summed E-state index contributed by atoms with van der Waals surface area (Å²) < 4.78 is 16.3. The Balaban J connectivity index is 2.07. The van der Waals surface area contributed by atoms with Gasteiger partial charge in [0.2, 0.25) is 5.78 Å². The maximum Gasteiger partial charge on any atom is 0.290 e. The fraction of sp³-hybridized carbons (Fsp3) is 0.304. The van der Waals surface area contributed by atoms with Gasteiger partial charge < -0.3 is 28.8 Å². The molecular weight excluding hydrogens is 400 g/mol. The molecule has 0 saturated carbocycles. The second-order valence-electron chi connectivity index (χ2n) is 7.28. The van der Waals surface area contributed by atoms with Crippen molar-refractivity contribution in [2.24, 2.45) is 0 Å². The number of carbonyl (C=O) groups is 2. The van der Waals surface area contributed by atoms with Crippen molar-refractivity contribution < 1.29 is 28.6 Å². The van der Waals surface area contributed by atoms with Crippen LogP contribution in [0, 0.1) is 0 Å². The molecule has 0 radical (unpaired) electrons. The molecule has 1 aliphatic heterocycles. The molecule has 8 heteroatoms. The fourth-order valence-electron chi connectivity index (χ4n) is 3.43. The van der Waals surface area contributed by atoms with E-state index in [0.29, 0.717) is 36.8 Å². The van der Waals surface area contributed by atoms with Crippen molar-refractivity contribution >= 4 is 11.7 Å². The highest BCUT2D eigenvalue weighted by atomic mass is 16.5. The number of nitrogens with zero attached hydrogens (tertiary/aromatic N) is 2. The Kier molecular flexibility index (Phi) is 6.81. The van der Waals surface area contributed by atoms with E-state index in [-0.39, 0.29) is 11.3 Å². The van der Waals surface area contributed by atoms with E-state index >= 15 is 0 Å². The highest BCUT2D eigenvalue weighted by Crippen LogP contribution is 2.41. The molecule has 1 amide bonds. The number of hydrogen-bond acceptors (Lipinski definition) is 7. The molecule has 1 atom stereocenters. The average molecular weight is 426 g/mol. The number of furan rings is 1. The van der Waals surface area contributed by atoms with Gasteiger partial charge in [-0.1, -0.05) is 18.7 Å². The third kappa shape index (κ3) is 4.49. The van der Waals surface area contributed by atoms with Crippen LogP contribution in [0.25, 0.3) is 0 Å². The van der Waals surface area contributed by atoms with E-state index in [2.05, 4.69) is 6.58 Å². The van der Waals surface area contributed by atoms with E-state index in [0.717, 1.165) is 0 Å². The third-order valence-electron chi connectivity index (χ3n) is 4.94. The first-order chi connectivity index (χ1) is 14.9. The SMILES string of the molecule is C=CCOc1ccc([C@@H]2C(C(=O)c3ccco3)=C(O)C(=O)N2CCN(C)C)cc1OC. The second-order valence-corrected chi connectivity index (χ2v) is 7.28. The molecule has 1 aromatic heterocycles. The predicted molar refractivity (Wildman–Crippen MR) is 114 cm³/mol. The van der Waals surface area contributed by atoms with Crippen LogP contribution in [0.1, 0.15) is 22.2 Å². The van der Waals surface area contributed by atoms with Crippen LogP contribution in [0.5, 0.6) is 11.5 Å². The molecule has 1 aliphatic rings. The lowest BCUT2D eigenvalue weighted by Gasteiger charge is -2.28. The number of ether oxygens (including phenoxy) is 2. The fourth-order valence-corrected chi connectivity index (χ4v) is 3.43. The van der Waals surface area contributed by atoms with Gasteiger partial charge in [0, 0.05) is 13.1 Å². The smallest absolute Gasteiger partial charge is 0.290 e. The van der Waals surface area contributed by atoms with Crippen molar-refractivity contribution in [2.75, 3.05) is 40.9 Å². The van der Waals surface area contributed by atoms with Crippen molar-refractivity contribution in [3.8, 4) is 11.5 Å². The summed E-state index contributed by atoms with van der Waals surface area (Å²) in [5.74, 6) is -0.729. The van der Waals surface area contributed by atoms with Crippen molar-refractivity contribution in [2.45, 2.75) is 6.04 Å². The first-order valence-corrected chi connectivity index (χ1v) is 9.77. The summed E-state index contributed by atoms with van der Waals surface area (Å²) in [6.45, 7) is 4.80. The predicted octanol–water partition coefficient (Wildman–Crippen LogP) is 2.99. The van der Waals surface area contributed by atoms with Gasteiger partial charge in [-0.05, 0) is 43.9 Å². The number of methoxy groups -OCH3 is 1. The van der Waals surface area contributed by atoms with Crippen LogP contribution in [0.2, 0.25) is 0 Å². The summed E-state index contributed by atoms with van der Waals surface area (Å²) in [4.78, 5) is 29.4. The summed E-state index contributed by atoms with van der Waals surface area (Å²) in [6.07, 6.45) is 2.99. The average Bonchev–Trinajstić information content (AvgIpc) is 3.38. The molecule has 2 heterocycles. The summed E-state index contributed by atoms with van der Waals surface area (Å²) in [7, 11) is 5.27. The van der Waals surface area contributed by atoms with Crippen LogP contribution in [0.4, 0.5) is 0 Å². The van der Waals surface area contributed by atoms with Crippen molar-refractivity contribution in [1.82, 2.24) is 9.80 Å². The Morgan fingerprint density at radius 3 is 2.71 bits per heavy atom. The van der Waals surface area contributed by atoms with Crippen LogP contribution in [0.15, 0.2) is 65.0 Å². The molecule has 1 N–H and O–H groups in total. The lowest BCUT2D eigenvalue weighted by molar-refractivity contribution is -0.129. The number of carbonyl (C=O) groups excluding carboxylic acids is 2. The van der Waals surface area contributed by atoms with Gasteiger partial charge >= 0.3 is 0 Å². The van der Waals surface area contributed by atoms with Crippen LogP contribution in [-0.2, 0) is 4.79 Å². The minimum atomic E-state index is -0.799. The van der Waals surface area contributed by atoms with E-state index in [1.54, 1.807) is 30.3 Å². The second kappa shape index (κ2) is 9.53. The minimum absolute atomic E-state index is 0.0273. The number of rotatable bonds is 10. The van der Waals surface area contributed by atoms with Crippen molar-refractivity contribution in [3.63, 3.8) is 0 Å². The summed E-state index contributed by atoms with van der Waals surface area (Å²) in [6, 6.07) is 7.43. The van der Waals surface area contributed by atoms with Gasteiger partial charge in [0.15, 0.2) is 23.0 Å². The van der Waals surface area contributed by atoms with Gasteiger partial charge in [-0.25, -0.2) is 0 Å². The standard InChI is InChI=1S/C23H26N2O6/c1-5-12-30-16-9-8-15(14-18(16)29-4)20-19(21(26)17-7-6-13-31-17)22(27)23(28)25(20)11-10-24(2)3/h5-9,13-14,20,27H,1,10-12H2,2-4H3/t20-/m1/s1. The summed E-state index contributed by atoms with van der Waals surface area (Å²) >= 11 is 0. The van der Waals surface area contributed by atoms with Gasteiger partial charge in [-0.15, -0.1) is 0 Å². The molecule has 2 aromatic rings. The molecule has 0 aliphatic carbocycles. The van der Waals surface area contributed by atoms with Crippen LogP contribution in [-0.4, -0.2) is 67.5 Å². The van der Waals surface area contributed by atoms with Crippen LogP contribution >= 0.6 is 0 Å². The number of benzene rings is 1. The Hall–Kier alpha value is -3.52. The summed E-state index contributed by atoms with van der Waals surface area (Å²) in [5, 5.41) is 10.6. The van der Waals surface area contributed by atoms with Gasteiger partial charge in [-0.2, -0.15) is 0 Å². The number of aliphatic hydroxyl groups is 1. The van der Waals surface area contributed by atoms with Gasteiger partial charge in [0.25, 0.3) is 5.91 Å². The minimum Gasteiger partial charge on any atom is -0.503 e. The van der Waals surface area contributed by atoms with Gasteiger partial charge in [0.1, 0.15) is 6.61 Å². The zero-order valence-corrected chi connectivity index (χ0v) is 17.8. The van der Waals surface area contributed by atoms with Crippen molar-refractivity contribution in [3.05, 3.63) is 71.9 Å². The van der Waals surface area contributed by atoms with Gasteiger partial charge in [0.05, 0.1) is 25.0 Å². The van der Waals surface area contributed by atoms with E-state index in [1.165, 1.54) is 24.3 Å². The number of aliphatic hydroxyl groups excluding tert-OH is 1. The quantitative estimate of drug-likeness (QED) is 0.461. The van der Waals surface area contributed by atoms with E-state index in [9.17, 15) is 14.7 Å². The zero-order valence-electron chi connectivity index (χ0n) is 17.8. The van der Waals surface area contributed by atoms with Crippen molar-refractivity contribution in [1.29, 1.82) is 0 Å². The summed E-state index contributed by atoms with van der Waals surface area (Å²) in [5.41, 5.74) is 0.578. The molecule has 8 nitrogen and oxygen atoms in total. The molecule has 3 rings (SSSR count).